The highest BCUT2D eigenvalue weighted by molar-refractivity contribution is 7.99. The fourth-order valence-electron chi connectivity index (χ4n) is 1.88. The Bertz CT molecular complexity index is 293. The predicted molar refractivity (Wildman–Crippen MR) is 63.8 cm³/mol. The van der Waals surface area contributed by atoms with Crippen molar-refractivity contribution in [2.75, 3.05) is 24.6 Å². The number of rotatable bonds is 3. The van der Waals surface area contributed by atoms with Crippen LogP contribution < -0.4 is 5.73 Å². The molecular formula is C11H18N2OS. The van der Waals surface area contributed by atoms with Crippen LogP contribution in [0.4, 0.5) is 0 Å². The summed E-state index contributed by atoms with van der Waals surface area (Å²) in [6.07, 6.45) is 3.03. The second-order valence-corrected chi connectivity index (χ2v) is 5.04. The van der Waals surface area contributed by atoms with Gasteiger partial charge in [0.15, 0.2) is 0 Å². The lowest BCUT2D eigenvalue weighted by atomic mass is 10.2. The molecule has 0 spiro atoms. The molecule has 3 nitrogen and oxygen atoms in total. The third-order valence-corrected chi connectivity index (χ3v) is 3.78. The minimum absolute atomic E-state index is 0.505. The molecule has 2 heterocycles. The molecule has 2 rings (SSSR count). The maximum absolute atomic E-state index is 5.61. The third-order valence-electron chi connectivity index (χ3n) is 2.73. The zero-order valence-electron chi connectivity index (χ0n) is 8.95. The normalized spacial score (nSPS) is 19.0. The number of nitrogens with two attached hydrogens (primary N) is 1. The second kappa shape index (κ2) is 5.58. The van der Waals surface area contributed by atoms with E-state index in [0.29, 0.717) is 6.54 Å². The van der Waals surface area contributed by atoms with Gasteiger partial charge in [-0.05, 0) is 24.8 Å². The molecule has 1 fully saturated rings. The van der Waals surface area contributed by atoms with Gasteiger partial charge in [-0.15, -0.1) is 0 Å². The van der Waals surface area contributed by atoms with E-state index in [0.717, 1.165) is 12.3 Å². The largest absolute Gasteiger partial charge is 0.468 e. The number of hydrogen-bond acceptors (Lipinski definition) is 4. The van der Waals surface area contributed by atoms with Crippen LogP contribution in [0.25, 0.3) is 0 Å². The van der Waals surface area contributed by atoms with Crippen molar-refractivity contribution in [2.45, 2.75) is 19.5 Å². The Morgan fingerprint density at radius 2 is 2.33 bits per heavy atom. The van der Waals surface area contributed by atoms with Crippen molar-refractivity contribution in [2.24, 2.45) is 5.73 Å². The number of thioether (sulfide) groups is 1. The van der Waals surface area contributed by atoms with Gasteiger partial charge < -0.3 is 10.2 Å². The SMILES string of the molecule is NCc1occc1CN1CCCSCC1. The highest BCUT2D eigenvalue weighted by atomic mass is 32.2. The maximum atomic E-state index is 5.61. The number of furan rings is 1. The molecule has 1 aromatic heterocycles. The topological polar surface area (TPSA) is 42.4 Å². The lowest BCUT2D eigenvalue weighted by Crippen LogP contribution is -2.25. The van der Waals surface area contributed by atoms with E-state index >= 15 is 0 Å². The van der Waals surface area contributed by atoms with Crippen molar-refractivity contribution in [3.05, 3.63) is 23.7 Å². The third kappa shape index (κ3) is 3.00. The minimum atomic E-state index is 0.505. The summed E-state index contributed by atoms with van der Waals surface area (Å²) in [6, 6.07) is 2.04. The smallest absolute Gasteiger partial charge is 0.121 e. The highest BCUT2D eigenvalue weighted by Gasteiger charge is 2.12. The fourth-order valence-corrected chi connectivity index (χ4v) is 2.81. The molecule has 1 aliphatic heterocycles. The summed E-state index contributed by atoms with van der Waals surface area (Å²) >= 11 is 2.05. The molecule has 84 valence electrons. The summed E-state index contributed by atoms with van der Waals surface area (Å²) in [5.41, 5.74) is 6.87. The van der Waals surface area contributed by atoms with Gasteiger partial charge in [0.25, 0.3) is 0 Å². The van der Waals surface area contributed by atoms with Gasteiger partial charge in [0.2, 0.25) is 0 Å². The molecular weight excluding hydrogens is 208 g/mol. The van der Waals surface area contributed by atoms with Crippen molar-refractivity contribution in [3.8, 4) is 0 Å². The lowest BCUT2D eigenvalue weighted by Gasteiger charge is -2.18. The molecule has 15 heavy (non-hydrogen) atoms. The van der Waals surface area contributed by atoms with E-state index in [4.69, 9.17) is 10.2 Å². The van der Waals surface area contributed by atoms with Crippen LogP contribution in [-0.4, -0.2) is 29.5 Å². The van der Waals surface area contributed by atoms with E-state index in [1.807, 2.05) is 6.07 Å². The molecule has 0 radical (unpaired) electrons. The Kier molecular flexibility index (Phi) is 4.11. The average Bonchev–Trinajstić information content (AvgIpc) is 2.53. The van der Waals surface area contributed by atoms with Crippen molar-refractivity contribution in [1.29, 1.82) is 0 Å². The van der Waals surface area contributed by atoms with Gasteiger partial charge in [0.05, 0.1) is 12.8 Å². The van der Waals surface area contributed by atoms with E-state index < -0.39 is 0 Å². The Balaban J connectivity index is 1.94. The van der Waals surface area contributed by atoms with Crippen LogP contribution in [0.2, 0.25) is 0 Å². The van der Waals surface area contributed by atoms with Crippen LogP contribution >= 0.6 is 11.8 Å². The summed E-state index contributed by atoms with van der Waals surface area (Å²) in [5, 5.41) is 0. The van der Waals surface area contributed by atoms with Crippen LogP contribution in [0, 0.1) is 0 Å². The number of hydrogen-bond donors (Lipinski definition) is 1. The fraction of sp³-hybridized carbons (Fsp3) is 0.636. The molecule has 1 aromatic rings. The van der Waals surface area contributed by atoms with Gasteiger partial charge in [0, 0.05) is 24.4 Å². The minimum Gasteiger partial charge on any atom is -0.468 e. The summed E-state index contributed by atoms with van der Waals surface area (Å²) < 4.78 is 5.33. The monoisotopic (exact) mass is 226 g/mol. The van der Waals surface area contributed by atoms with E-state index in [2.05, 4.69) is 16.7 Å². The molecule has 0 amide bonds. The van der Waals surface area contributed by atoms with Gasteiger partial charge in [-0.25, -0.2) is 0 Å². The van der Waals surface area contributed by atoms with Gasteiger partial charge in [-0.2, -0.15) is 11.8 Å². The molecule has 0 bridgehead atoms. The maximum Gasteiger partial charge on any atom is 0.121 e. The second-order valence-electron chi connectivity index (χ2n) is 3.82. The highest BCUT2D eigenvalue weighted by Crippen LogP contribution is 2.16. The summed E-state index contributed by atoms with van der Waals surface area (Å²) in [6.45, 7) is 3.87. The molecule has 1 saturated heterocycles. The van der Waals surface area contributed by atoms with Crippen molar-refractivity contribution in [3.63, 3.8) is 0 Å². The van der Waals surface area contributed by atoms with Crippen LogP contribution in [0.5, 0.6) is 0 Å². The molecule has 0 aromatic carbocycles. The number of nitrogens with zero attached hydrogens (tertiary/aromatic N) is 1. The first-order chi connectivity index (χ1) is 7.40. The van der Waals surface area contributed by atoms with Crippen LogP contribution in [0.1, 0.15) is 17.7 Å². The Labute approximate surface area is 95.0 Å². The molecule has 4 heteroatoms. The van der Waals surface area contributed by atoms with Crippen LogP contribution in [0.3, 0.4) is 0 Å². The quantitative estimate of drug-likeness (QED) is 0.851. The van der Waals surface area contributed by atoms with E-state index in [9.17, 15) is 0 Å². The van der Waals surface area contributed by atoms with E-state index in [1.54, 1.807) is 6.26 Å². The van der Waals surface area contributed by atoms with Gasteiger partial charge in [0.1, 0.15) is 5.76 Å². The zero-order valence-corrected chi connectivity index (χ0v) is 9.76. The van der Waals surface area contributed by atoms with Crippen LogP contribution in [0.15, 0.2) is 16.7 Å². The van der Waals surface area contributed by atoms with Crippen molar-refractivity contribution < 1.29 is 4.42 Å². The average molecular weight is 226 g/mol. The Hall–Kier alpha value is -0.450. The predicted octanol–water partition coefficient (Wildman–Crippen LogP) is 1.68. The Morgan fingerprint density at radius 1 is 1.40 bits per heavy atom. The molecule has 0 aliphatic carbocycles. The van der Waals surface area contributed by atoms with Gasteiger partial charge in [-0.1, -0.05) is 0 Å². The first-order valence-corrected chi connectivity index (χ1v) is 6.61. The standard InChI is InChI=1S/C11H18N2OS/c12-8-11-10(2-5-14-11)9-13-3-1-6-15-7-4-13/h2,5H,1,3-4,6-9,12H2. The van der Waals surface area contributed by atoms with Gasteiger partial charge >= 0.3 is 0 Å². The molecule has 0 unspecified atom stereocenters. The summed E-state index contributed by atoms with van der Waals surface area (Å²) in [7, 11) is 0. The summed E-state index contributed by atoms with van der Waals surface area (Å²) in [5.74, 6) is 3.48. The molecule has 0 atom stereocenters. The first kappa shape index (κ1) is 11.0. The molecule has 2 N–H and O–H groups in total. The first-order valence-electron chi connectivity index (χ1n) is 5.45. The van der Waals surface area contributed by atoms with E-state index in [1.165, 1.54) is 36.6 Å². The van der Waals surface area contributed by atoms with Crippen molar-refractivity contribution in [1.82, 2.24) is 4.90 Å². The van der Waals surface area contributed by atoms with Gasteiger partial charge in [-0.3, -0.25) is 4.90 Å². The Morgan fingerprint density at radius 3 is 3.20 bits per heavy atom. The van der Waals surface area contributed by atoms with Crippen molar-refractivity contribution >= 4 is 11.8 Å². The molecule has 0 saturated carbocycles. The molecule has 1 aliphatic rings. The zero-order chi connectivity index (χ0) is 10.5. The van der Waals surface area contributed by atoms with Crippen LogP contribution in [-0.2, 0) is 13.1 Å². The lowest BCUT2D eigenvalue weighted by molar-refractivity contribution is 0.285. The summed E-state index contributed by atoms with van der Waals surface area (Å²) in [4.78, 5) is 2.49. The van der Waals surface area contributed by atoms with E-state index in [-0.39, 0.29) is 0 Å².